The average molecular weight is 1780 g/mol. The predicted octanol–water partition coefficient (Wildman–Crippen LogP) is 18.5. The average Bonchev–Trinajstić information content (AvgIpc) is 1.45. The fourth-order valence-electron chi connectivity index (χ4n) is 17.1. The van der Waals surface area contributed by atoms with Crippen molar-refractivity contribution in [2.24, 2.45) is 0 Å². The molecule has 10 heterocycles. The molecule has 21 rings (SSSR count). The number of piperazine rings is 1. The van der Waals surface area contributed by atoms with E-state index in [1.807, 2.05) is 350 Å². The number of hydrogen-bond donors (Lipinski definition) is 0. The summed E-state index contributed by atoms with van der Waals surface area (Å²) in [7, 11) is 3.27. The van der Waals surface area contributed by atoms with E-state index in [1.54, 1.807) is 40.0 Å². The van der Waals surface area contributed by atoms with Crippen molar-refractivity contribution in [3.63, 3.8) is 0 Å². The molecule has 4 aliphatic heterocycles. The molecular weight excluding hydrogens is 1680 g/mol. The third-order valence-electron chi connectivity index (χ3n) is 24.2. The van der Waals surface area contributed by atoms with E-state index in [-0.39, 0.29) is 62.3 Å². The van der Waals surface area contributed by atoms with Crippen LogP contribution in [0.2, 0.25) is 0 Å². The number of carbonyl (C=O) groups excluding carboxylic acids is 5. The van der Waals surface area contributed by atoms with Gasteiger partial charge < -0.3 is 34.0 Å². The molecule has 0 bridgehead atoms. The largest absolute Gasteiger partial charge is 0.493 e. The number of carbonyl (C=O) groups is 5. The van der Waals surface area contributed by atoms with Gasteiger partial charge in [0.25, 0.3) is 0 Å². The number of thiazole rings is 1. The van der Waals surface area contributed by atoms with Crippen molar-refractivity contribution in [2.75, 3.05) is 64.9 Å². The zero-order chi connectivity index (χ0) is 90.8. The van der Waals surface area contributed by atoms with Gasteiger partial charge in [0.05, 0.1) is 76.7 Å². The molecule has 0 atom stereocenters. The van der Waals surface area contributed by atoms with Crippen molar-refractivity contribution in [3.05, 3.63) is 384 Å². The van der Waals surface area contributed by atoms with Crippen LogP contribution in [0.3, 0.4) is 0 Å². The maximum atomic E-state index is 13.4. The summed E-state index contributed by atoms with van der Waals surface area (Å²) < 4.78 is 18.1. The van der Waals surface area contributed by atoms with Crippen molar-refractivity contribution in [1.82, 2.24) is 73.7 Å². The highest BCUT2D eigenvalue weighted by molar-refractivity contribution is 7.09. The number of benzene rings is 11. The van der Waals surface area contributed by atoms with Gasteiger partial charge in [-0.05, 0) is 88.3 Å². The van der Waals surface area contributed by atoms with Gasteiger partial charge >= 0.3 is 0 Å². The maximum absolute atomic E-state index is 13.4. The van der Waals surface area contributed by atoms with Crippen LogP contribution in [0.1, 0.15) is 33.0 Å². The third kappa shape index (κ3) is 21.0. The van der Waals surface area contributed by atoms with Crippen LogP contribution in [0.15, 0.2) is 351 Å². The van der Waals surface area contributed by atoms with Gasteiger partial charge in [-0.3, -0.25) is 42.7 Å². The zero-order valence-corrected chi connectivity index (χ0v) is 74.7. The molecule has 0 radical (unpaired) electrons. The summed E-state index contributed by atoms with van der Waals surface area (Å²) in [6.07, 6.45) is 5.06. The van der Waals surface area contributed by atoms with Crippen molar-refractivity contribution in [2.45, 2.75) is 65.0 Å². The summed E-state index contributed by atoms with van der Waals surface area (Å²) in [5.74, 6) is 2.12. The smallest absolute Gasteiger partial charge is 0.246 e. The topological polar surface area (TPSA) is 230 Å². The number of anilines is 1. The summed E-state index contributed by atoms with van der Waals surface area (Å²) in [4.78, 5) is 90.1. The van der Waals surface area contributed by atoms with Crippen LogP contribution in [0.4, 0.5) is 5.69 Å². The molecule has 0 spiro atoms. The van der Waals surface area contributed by atoms with Crippen molar-refractivity contribution in [1.29, 1.82) is 0 Å². The number of para-hydroxylation sites is 1. The highest BCUT2D eigenvalue weighted by Gasteiger charge is 2.32. The first-order valence-electron chi connectivity index (χ1n) is 44.6. The number of ether oxygens (including phenoxy) is 2. The van der Waals surface area contributed by atoms with Gasteiger partial charge in [0.15, 0.2) is 17.3 Å². The molecule has 0 aliphatic carbocycles. The monoisotopic (exact) mass is 1770 g/mol. The molecule has 0 unspecified atom stereocenters. The van der Waals surface area contributed by atoms with Gasteiger partial charge in [-0.15, -0.1) is 11.3 Å². The summed E-state index contributed by atoms with van der Waals surface area (Å²) >= 11 is 1.69. The number of methoxy groups -OCH3 is 2. The molecular formula is C109H98N16O7S. The van der Waals surface area contributed by atoms with E-state index < -0.39 is 0 Å². The van der Waals surface area contributed by atoms with Gasteiger partial charge in [0.2, 0.25) is 29.5 Å². The Morgan fingerprint density at radius 3 is 1.03 bits per heavy atom. The molecule has 133 heavy (non-hydrogen) atoms. The number of aromatic nitrogens is 11. The summed E-state index contributed by atoms with van der Waals surface area (Å²) in [6, 6.07) is 112. The molecule has 11 aromatic carbocycles. The molecule has 1 saturated heterocycles. The first-order valence-corrected chi connectivity index (χ1v) is 45.5. The minimum absolute atomic E-state index is 0.0349. The Hall–Kier alpha value is -16.1. The quantitative estimate of drug-likeness (QED) is 0.0691. The Morgan fingerprint density at radius 1 is 0.316 bits per heavy atom. The van der Waals surface area contributed by atoms with Crippen LogP contribution < -0.4 is 14.4 Å². The van der Waals surface area contributed by atoms with Crippen molar-refractivity contribution < 1.29 is 33.4 Å². The first kappa shape index (κ1) is 87.6. The van der Waals surface area contributed by atoms with Gasteiger partial charge in [0, 0.05) is 122 Å². The number of fused-ring (bicyclic) bond motifs is 3. The maximum Gasteiger partial charge on any atom is 0.246 e. The fraction of sp³-hybridized carbons (Fsp3) is 0.174. The number of nitrogens with zero attached hydrogens (tertiary/aromatic N) is 16. The van der Waals surface area contributed by atoms with Crippen LogP contribution in [0.5, 0.6) is 11.5 Å². The molecule has 5 amide bonds. The molecule has 6 aromatic heterocycles. The second-order valence-electron chi connectivity index (χ2n) is 32.7. The molecule has 0 N–H and O–H groups in total. The Kier molecular flexibility index (Phi) is 27.4. The standard InChI is InChI=1S/C30H25N5O.C28H27N3O3.C27H24N4O2.C24H22N4OS/c36-29(34-17-16-26-25(20-34)19-31-30(32-26)24-14-8-3-9-15-24)21-35-28(23-12-6-2-7-13-23)18-27(33-35)22-10-4-1-5-11-22;1-33-26-15-22-13-14-30(18-23(22)16-27(26)34-2)28(32)19-31-25(21-11-7-4-8-12-21)17-24(29-31)20-9-5-3-6-10-20;32-26(29-16-17-30(27(33)19-29)23-14-8-3-9-15-23)20-31-25(22-12-6-2-7-13-22)18-24(28-31)21-10-4-1-5-11-21;29-24(27-13-11-20-23(12-14-27)30-17-25-20)16-28-22(19-9-5-2-6-10-19)15-21(26-28)18-7-3-1-4-8-18/h1-15,18-19H,16-17,20-21H2;3-12,15-17H,13-14,18-19H2,1-2H3;1-15,18H,16-17,19-20H2;1-10,15,17H,11-14,16H2. The summed E-state index contributed by atoms with van der Waals surface area (Å²) in [5.41, 5.74) is 24.5. The molecule has 0 saturated carbocycles. The second kappa shape index (κ2) is 41.6. The summed E-state index contributed by atoms with van der Waals surface area (Å²) in [6.45, 7) is 5.51. The van der Waals surface area contributed by atoms with Crippen LogP contribution >= 0.6 is 11.3 Å². The van der Waals surface area contributed by atoms with Crippen LogP contribution in [-0.4, -0.2) is 163 Å². The third-order valence-corrected chi connectivity index (χ3v) is 25.1. The molecule has 17 aromatic rings. The Balaban J connectivity index is 0.000000119. The van der Waals surface area contributed by atoms with E-state index in [2.05, 4.69) is 40.3 Å². The first-order chi connectivity index (χ1) is 65.4. The molecule has 662 valence electrons. The minimum Gasteiger partial charge on any atom is -0.493 e. The normalized spacial score (nSPS) is 13.3. The Bertz CT molecular complexity index is 6820. The van der Waals surface area contributed by atoms with Crippen molar-refractivity contribution in [3.8, 4) is 113 Å². The van der Waals surface area contributed by atoms with Gasteiger partial charge in [-0.25, -0.2) is 15.0 Å². The fourth-order valence-corrected chi connectivity index (χ4v) is 17.9. The van der Waals surface area contributed by atoms with E-state index in [0.29, 0.717) is 58.0 Å². The predicted molar refractivity (Wildman–Crippen MR) is 519 cm³/mol. The number of rotatable bonds is 20. The number of amides is 5. The highest BCUT2D eigenvalue weighted by atomic mass is 32.1. The van der Waals surface area contributed by atoms with E-state index >= 15 is 0 Å². The van der Waals surface area contributed by atoms with Crippen LogP contribution in [-0.2, 0) is 88.9 Å². The van der Waals surface area contributed by atoms with E-state index in [1.165, 1.54) is 10.4 Å². The molecule has 23 nitrogen and oxygen atoms in total. The minimum atomic E-state index is -0.115. The lowest BCUT2D eigenvalue weighted by atomic mass is 9.98. The van der Waals surface area contributed by atoms with Crippen LogP contribution in [0, 0.1) is 0 Å². The molecule has 4 aliphatic rings. The van der Waals surface area contributed by atoms with Gasteiger partial charge in [0.1, 0.15) is 32.7 Å². The molecule has 1 fully saturated rings. The molecule has 24 heteroatoms. The lowest BCUT2D eigenvalue weighted by Gasteiger charge is -2.34. The number of hydrogen-bond acceptors (Lipinski definition) is 15. The van der Waals surface area contributed by atoms with Gasteiger partial charge in [-0.1, -0.05) is 291 Å². The van der Waals surface area contributed by atoms with Gasteiger partial charge in [-0.2, -0.15) is 20.4 Å². The summed E-state index contributed by atoms with van der Waals surface area (Å²) in [5, 5.41) is 19.2. The highest BCUT2D eigenvalue weighted by Crippen LogP contribution is 2.37. The lowest BCUT2D eigenvalue weighted by molar-refractivity contribution is -0.137. The van der Waals surface area contributed by atoms with E-state index in [9.17, 15) is 24.0 Å². The van der Waals surface area contributed by atoms with E-state index in [4.69, 9.17) is 34.9 Å². The second-order valence-corrected chi connectivity index (χ2v) is 33.6. The SMILES string of the molecule is COc1cc2c(cc1OC)CN(C(=O)Cn1nc(-c3ccccc3)cc1-c1ccccc1)CC2.O=C(Cn1nc(-c2ccccc2)cc1-c1ccccc1)N1CCN(c2ccccc2)C(=O)C1.O=C(Cn1nc(-c2ccccc2)cc1-c1ccccc1)N1CCc2nc(-c3ccccc3)ncc2C1.O=C(Cn1nc(-c2ccccc2)cc1-c1ccccc1)N1CCc2ncsc2CC1. The Labute approximate surface area is 776 Å². The Morgan fingerprint density at radius 2 is 0.639 bits per heavy atom. The van der Waals surface area contributed by atoms with E-state index in [0.717, 1.165) is 161 Å². The van der Waals surface area contributed by atoms with Crippen molar-refractivity contribution >= 4 is 46.6 Å². The zero-order valence-electron chi connectivity index (χ0n) is 73.9. The van der Waals surface area contributed by atoms with Crippen LogP contribution in [0.25, 0.3) is 101 Å². The lowest BCUT2D eigenvalue weighted by Crippen LogP contribution is -2.53.